The predicted octanol–water partition coefficient (Wildman–Crippen LogP) is 2.38. The molecule has 0 saturated carbocycles. The molecule has 3 N–H and O–H groups in total. The van der Waals surface area contributed by atoms with Gasteiger partial charge in [-0.3, -0.25) is 4.79 Å². The van der Waals surface area contributed by atoms with Crippen molar-refractivity contribution < 1.29 is 14.7 Å². The van der Waals surface area contributed by atoms with Gasteiger partial charge in [-0.15, -0.1) is 0 Å². The summed E-state index contributed by atoms with van der Waals surface area (Å²) in [7, 11) is 0. The zero-order valence-electron chi connectivity index (χ0n) is 12.7. The summed E-state index contributed by atoms with van der Waals surface area (Å²) in [6.07, 6.45) is 0. The van der Waals surface area contributed by atoms with Crippen LogP contribution in [0.3, 0.4) is 0 Å². The molecular formula is C15H23N3O3. The number of carbonyl (C=O) groups excluding carboxylic acids is 1. The lowest BCUT2D eigenvalue weighted by atomic mass is 10.2. The summed E-state index contributed by atoms with van der Waals surface area (Å²) in [5, 5.41) is 13.9. The highest BCUT2D eigenvalue weighted by Gasteiger charge is 2.12. The van der Waals surface area contributed by atoms with Gasteiger partial charge in [-0.05, 0) is 38.1 Å². The van der Waals surface area contributed by atoms with E-state index in [9.17, 15) is 9.59 Å². The predicted molar refractivity (Wildman–Crippen MR) is 83.8 cm³/mol. The number of nitrogens with one attached hydrogen (secondary N) is 2. The molecule has 0 radical (unpaired) electrons. The Labute approximate surface area is 125 Å². The molecule has 21 heavy (non-hydrogen) atoms. The maximum Gasteiger partial charge on any atom is 0.319 e. The summed E-state index contributed by atoms with van der Waals surface area (Å²) in [4.78, 5) is 24.5. The summed E-state index contributed by atoms with van der Waals surface area (Å²) in [6.45, 7) is 7.67. The van der Waals surface area contributed by atoms with E-state index in [0.717, 1.165) is 18.8 Å². The number of aliphatic carboxylic acids is 1. The first-order valence-corrected chi connectivity index (χ1v) is 7.10. The molecule has 1 rings (SSSR count). The molecule has 0 aliphatic heterocycles. The fourth-order valence-corrected chi connectivity index (χ4v) is 1.85. The van der Waals surface area contributed by atoms with E-state index < -0.39 is 17.9 Å². The second kappa shape index (κ2) is 8.14. The van der Waals surface area contributed by atoms with Crippen LogP contribution < -0.4 is 15.5 Å². The lowest BCUT2D eigenvalue weighted by Crippen LogP contribution is -2.34. The third kappa shape index (κ3) is 5.33. The third-order valence-corrected chi connectivity index (χ3v) is 3.24. The summed E-state index contributed by atoms with van der Waals surface area (Å²) < 4.78 is 0. The van der Waals surface area contributed by atoms with E-state index in [2.05, 4.69) is 29.4 Å². The molecular weight excluding hydrogens is 270 g/mol. The molecule has 0 fully saturated rings. The standard InChI is InChI=1S/C15H23N3O3/c1-4-18(5-2)13-8-6-12(7-9-13)17-15(21)16-10-11(3)14(19)20/h6-9,11H,4-5,10H2,1-3H3,(H,19,20)(H2,16,17,21). The highest BCUT2D eigenvalue weighted by atomic mass is 16.4. The smallest absolute Gasteiger partial charge is 0.319 e. The van der Waals surface area contributed by atoms with Crippen LogP contribution >= 0.6 is 0 Å². The Morgan fingerprint density at radius 1 is 1.19 bits per heavy atom. The number of carbonyl (C=O) groups is 2. The number of amides is 2. The van der Waals surface area contributed by atoms with Gasteiger partial charge in [0.2, 0.25) is 0 Å². The van der Waals surface area contributed by atoms with Gasteiger partial charge in [-0.1, -0.05) is 6.92 Å². The third-order valence-electron chi connectivity index (χ3n) is 3.24. The largest absolute Gasteiger partial charge is 0.481 e. The number of anilines is 2. The maximum atomic E-state index is 11.6. The van der Waals surface area contributed by atoms with Gasteiger partial charge in [-0.25, -0.2) is 4.79 Å². The minimum Gasteiger partial charge on any atom is -0.481 e. The van der Waals surface area contributed by atoms with Crippen molar-refractivity contribution in [2.24, 2.45) is 5.92 Å². The number of rotatable bonds is 7. The molecule has 0 spiro atoms. The van der Waals surface area contributed by atoms with E-state index in [0.29, 0.717) is 5.69 Å². The molecule has 0 aliphatic carbocycles. The van der Waals surface area contributed by atoms with Crippen molar-refractivity contribution in [1.29, 1.82) is 0 Å². The number of benzene rings is 1. The van der Waals surface area contributed by atoms with Gasteiger partial charge >= 0.3 is 12.0 Å². The number of hydrogen-bond acceptors (Lipinski definition) is 3. The van der Waals surface area contributed by atoms with Crippen molar-refractivity contribution in [1.82, 2.24) is 5.32 Å². The van der Waals surface area contributed by atoms with Crippen molar-refractivity contribution in [2.45, 2.75) is 20.8 Å². The molecule has 0 heterocycles. The van der Waals surface area contributed by atoms with Crippen molar-refractivity contribution >= 4 is 23.4 Å². The van der Waals surface area contributed by atoms with Crippen LogP contribution in [0.4, 0.5) is 16.2 Å². The Hall–Kier alpha value is -2.24. The van der Waals surface area contributed by atoms with Crippen molar-refractivity contribution in [3.05, 3.63) is 24.3 Å². The van der Waals surface area contributed by atoms with Crippen molar-refractivity contribution in [3.63, 3.8) is 0 Å². The van der Waals surface area contributed by atoms with E-state index >= 15 is 0 Å². The molecule has 6 heteroatoms. The van der Waals surface area contributed by atoms with E-state index in [1.165, 1.54) is 0 Å². The van der Waals surface area contributed by atoms with Gasteiger partial charge < -0.3 is 20.6 Å². The topological polar surface area (TPSA) is 81.7 Å². The Kier molecular flexibility index (Phi) is 6.52. The van der Waals surface area contributed by atoms with E-state index in [-0.39, 0.29) is 6.54 Å². The molecule has 116 valence electrons. The minimum atomic E-state index is -0.932. The van der Waals surface area contributed by atoms with Gasteiger partial charge in [0.25, 0.3) is 0 Å². The summed E-state index contributed by atoms with van der Waals surface area (Å²) in [6, 6.07) is 7.14. The Morgan fingerprint density at radius 3 is 2.24 bits per heavy atom. The van der Waals surface area contributed by atoms with Crippen LogP contribution in [0.1, 0.15) is 20.8 Å². The van der Waals surface area contributed by atoms with Gasteiger partial charge in [0.05, 0.1) is 5.92 Å². The Bertz CT molecular complexity index is 470. The van der Waals surface area contributed by atoms with Crippen LogP contribution in [-0.4, -0.2) is 36.7 Å². The Morgan fingerprint density at radius 2 is 1.76 bits per heavy atom. The first-order chi connectivity index (χ1) is 9.97. The summed E-state index contributed by atoms with van der Waals surface area (Å²) in [5.41, 5.74) is 1.77. The molecule has 0 bridgehead atoms. The Balaban J connectivity index is 2.51. The maximum absolute atomic E-state index is 11.6. The second-order valence-corrected chi connectivity index (χ2v) is 4.79. The lowest BCUT2D eigenvalue weighted by molar-refractivity contribution is -0.140. The molecule has 6 nitrogen and oxygen atoms in total. The fourth-order valence-electron chi connectivity index (χ4n) is 1.85. The number of carboxylic acid groups (broad SMARTS) is 1. The number of nitrogens with zero attached hydrogens (tertiary/aromatic N) is 1. The molecule has 1 aromatic rings. The van der Waals surface area contributed by atoms with Gasteiger partial charge in [0.1, 0.15) is 0 Å². The highest BCUT2D eigenvalue weighted by molar-refractivity contribution is 5.89. The zero-order chi connectivity index (χ0) is 15.8. The van der Waals surface area contributed by atoms with Crippen molar-refractivity contribution in [3.8, 4) is 0 Å². The molecule has 1 aromatic carbocycles. The fraction of sp³-hybridized carbons (Fsp3) is 0.467. The van der Waals surface area contributed by atoms with E-state index in [1.54, 1.807) is 6.92 Å². The first kappa shape index (κ1) is 16.8. The molecule has 0 aliphatic rings. The first-order valence-electron chi connectivity index (χ1n) is 7.10. The number of hydrogen-bond donors (Lipinski definition) is 3. The zero-order valence-corrected chi connectivity index (χ0v) is 12.7. The molecule has 1 unspecified atom stereocenters. The SMILES string of the molecule is CCN(CC)c1ccc(NC(=O)NCC(C)C(=O)O)cc1. The van der Waals surface area contributed by atoms with Crippen LogP contribution in [0, 0.1) is 5.92 Å². The normalized spacial score (nSPS) is 11.6. The molecule has 0 aromatic heterocycles. The minimum absolute atomic E-state index is 0.0959. The van der Waals surface area contributed by atoms with Crippen LogP contribution in [0.15, 0.2) is 24.3 Å². The van der Waals surface area contributed by atoms with Crippen molar-refractivity contribution in [2.75, 3.05) is 29.9 Å². The quantitative estimate of drug-likeness (QED) is 0.721. The molecule has 2 amide bonds. The van der Waals surface area contributed by atoms with Crippen LogP contribution in [0.5, 0.6) is 0 Å². The average molecular weight is 293 g/mol. The van der Waals surface area contributed by atoms with Crippen LogP contribution in [0.2, 0.25) is 0 Å². The lowest BCUT2D eigenvalue weighted by Gasteiger charge is -2.21. The molecule has 1 atom stereocenters. The highest BCUT2D eigenvalue weighted by Crippen LogP contribution is 2.17. The van der Waals surface area contributed by atoms with Gasteiger partial charge in [0, 0.05) is 31.0 Å². The van der Waals surface area contributed by atoms with E-state index in [4.69, 9.17) is 5.11 Å². The number of urea groups is 1. The summed E-state index contributed by atoms with van der Waals surface area (Å²) >= 11 is 0. The van der Waals surface area contributed by atoms with Gasteiger partial charge in [-0.2, -0.15) is 0 Å². The summed E-state index contributed by atoms with van der Waals surface area (Å²) in [5.74, 6) is -1.54. The second-order valence-electron chi connectivity index (χ2n) is 4.79. The molecule has 0 saturated heterocycles. The van der Waals surface area contributed by atoms with Crippen LogP contribution in [-0.2, 0) is 4.79 Å². The average Bonchev–Trinajstić information content (AvgIpc) is 2.47. The van der Waals surface area contributed by atoms with Gasteiger partial charge in [0.15, 0.2) is 0 Å². The van der Waals surface area contributed by atoms with E-state index in [1.807, 2.05) is 24.3 Å². The monoisotopic (exact) mass is 293 g/mol. The van der Waals surface area contributed by atoms with Crippen LogP contribution in [0.25, 0.3) is 0 Å². The number of carboxylic acids is 1.